The lowest BCUT2D eigenvalue weighted by molar-refractivity contribution is -0.0215. The van der Waals surface area contributed by atoms with E-state index in [2.05, 4.69) is 55.4 Å². The molecule has 0 aliphatic rings. The molecule has 0 aromatic carbocycles. The van der Waals surface area contributed by atoms with Crippen molar-refractivity contribution < 1.29 is 5.11 Å². The fraction of sp³-hybridized carbons (Fsp3) is 1.00. The van der Waals surface area contributed by atoms with Gasteiger partial charge in [-0.05, 0) is 22.7 Å². The Morgan fingerprint density at radius 2 is 0.929 bits per heavy atom. The zero-order valence-corrected chi connectivity index (χ0v) is 11.2. The van der Waals surface area contributed by atoms with E-state index in [-0.39, 0.29) is 16.9 Å². The van der Waals surface area contributed by atoms with Crippen molar-refractivity contribution in [1.82, 2.24) is 0 Å². The van der Waals surface area contributed by atoms with E-state index in [0.717, 1.165) is 0 Å². The molecule has 0 aromatic rings. The summed E-state index contributed by atoms with van der Waals surface area (Å²) in [7, 11) is 0. The molecule has 0 fully saturated rings. The van der Waals surface area contributed by atoms with Crippen LogP contribution in [0, 0.1) is 22.7 Å². The largest absolute Gasteiger partial charge is 0.393 e. The first-order valence-corrected chi connectivity index (χ1v) is 5.66. The number of hydrogen-bond acceptors (Lipinski definition) is 1. The van der Waals surface area contributed by atoms with Gasteiger partial charge in [0.05, 0.1) is 6.10 Å². The SMILES string of the molecule is CC(C(O)C(C)C(C)(C)C)C(C)(C)C. The fourth-order valence-corrected chi connectivity index (χ4v) is 1.46. The highest BCUT2D eigenvalue weighted by atomic mass is 16.3. The first-order chi connectivity index (χ1) is 5.98. The molecule has 0 rings (SSSR count). The fourth-order valence-electron chi connectivity index (χ4n) is 1.46. The molecule has 2 unspecified atom stereocenters. The number of hydrogen-bond donors (Lipinski definition) is 1. The van der Waals surface area contributed by atoms with Gasteiger partial charge < -0.3 is 5.11 Å². The van der Waals surface area contributed by atoms with Crippen LogP contribution in [0.5, 0.6) is 0 Å². The van der Waals surface area contributed by atoms with Gasteiger partial charge in [0.15, 0.2) is 0 Å². The molecule has 0 amide bonds. The number of rotatable bonds is 2. The maximum atomic E-state index is 10.3. The molecular formula is C13H28O. The predicted molar refractivity (Wildman–Crippen MR) is 63.2 cm³/mol. The molecule has 14 heavy (non-hydrogen) atoms. The second-order valence-electron chi connectivity index (χ2n) is 6.80. The van der Waals surface area contributed by atoms with Crippen LogP contribution in [0.1, 0.15) is 55.4 Å². The summed E-state index contributed by atoms with van der Waals surface area (Å²) in [5.41, 5.74) is 0.359. The minimum atomic E-state index is -0.213. The lowest BCUT2D eigenvalue weighted by atomic mass is 9.69. The van der Waals surface area contributed by atoms with Gasteiger partial charge in [-0.1, -0.05) is 55.4 Å². The summed E-state index contributed by atoms with van der Waals surface area (Å²) in [5, 5.41) is 10.3. The van der Waals surface area contributed by atoms with E-state index in [1.54, 1.807) is 0 Å². The van der Waals surface area contributed by atoms with Crippen molar-refractivity contribution in [3.8, 4) is 0 Å². The Kier molecular flexibility index (Phi) is 4.21. The molecule has 0 bridgehead atoms. The van der Waals surface area contributed by atoms with Crippen LogP contribution in [-0.2, 0) is 0 Å². The molecule has 0 aliphatic heterocycles. The molecule has 0 saturated carbocycles. The van der Waals surface area contributed by atoms with Gasteiger partial charge in [-0.2, -0.15) is 0 Å². The summed E-state index contributed by atoms with van der Waals surface area (Å²) in [5.74, 6) is 0.661. The van der Waals surface area contributed by atoms with Crippen molar-refractivity contribution in [2.24, 2.45) is 22.7 Å². The Labute approximate surface area is 89.9 Å². The zero-order chi connectivity index (χ0) is 11.7. The maximum absolute atomic E-state index is 10.3. The van der Waals surface area contributed by atoms with Gasteiger partial charge in [-0.3, -0.25) is 0 Å². The Morgan fingerprint density at radius 1 is 0.714 bits per heavy atom. The summed E-state index contributed by atoms with van der Waals surface area (Å²) >= 11 is 0. The van der Waals surface area contributed by atoms with Crippen molar-refractivity contribution in [3.63, 3.8) is 0 Å². The standard InChI is InChI=1S/C13H28O/c1-9(12(3,4)5)11(14)10(2)13(6,7)8/h9-11,14H,1-8H3. The number of aliphatic hydroxyl groups is 1. The Morgan fingerprint density at radius 3 is 1.07 bits per heavy atom. The van der Waals surface area contributed by atoms with Crippen LogP contribution in [0.25, 0.3) is 0 Å². The molecule has 0 radical (unpaired) electrons. The Hall–Kier alpha value is -0.0400. The van der Waals surface area contributed by atoms with Crippen LogP contribution in [-0.4, -0.2) is 11.2 Å². The highest BCUT2D eigenvalue weighted by Gasteiger charge is 2.35. The smallest absolute Gasteiger partial charge is 0.0601 e. The van der Waals surface area contributed by atoms with Crippen LogP contribution >= 0.6 is 0 Å². The van der Waals surface area contributed by atoms with Crippen molar-refractivity contribution in [2.75, 3.05) is 0 Å². The lowest BCUT2D eigenvalue weighted by Gasteiger charge is -2.39. The monoisotopic (exact) mass is 200 g/mol. The molecule has 0 aromatic heterocycles. The average molecular weight is 200 g/mol. The summed E-state index contributed by atoms with van der Waals surface area (Å²) in [6, 6.07) is 0. The molecule has 0 aliphatic carbocycles. The minimum Gasteiger partial charge on any atom is -0.393 e. The second kappa shape index (κ2) is 4.22. The topological polar surface area (TPSA) is 20.2 Å². The third kappa shape index (κ3) is 3.61. The van der Waals surface area contributed by atoms with Gasteiger partial charge in [0.2, 0.25) is 0 Å². The van der Waals surface area contributed by atoms with Crippen LogP contribution in [0.3, 0.4) is 0 Å². The molecule has 1 N–H and O–H groups in total. The van der Waals surface area contributed by atoms with Gasteiger partial charge in [-0.25, -0.2) is 0 Å². The normalized spacial score (nSPS) is 20.4. The Bertz CT molecular complexity index is 151. The molecule has 0 heterocycles. The van der Waals surface area contributed by atoms with Gasteiger partial charge in [0.1, 0.15) is 0 Å². The quantitative estimate of drug-likeness (QED) is 0.720. The van der Waals surface area contributed by atoms with E-state index in [1.807, 2.05) is 0 Å². The molecule has 0 spiro atoms. The van der Waals surface area contributed by atoms with E-state index < -0.39 is 0 Å². The van der Waals surface area contributed by atoms with Crippen molar-refractivity contribution >= 4 is 0 Å². The van der Waals surface area contributed by atoms with E-state index in [1.165, 1.54) is 0 Å². The van der Waals surface area contributed by atoms with Crippen molar-refractivity contribution in [3.05, 3.63) is 0 Å². The summed E-state index contributed by atoms with van der Waals surface area (Å²) in [6.07, 6.45) is -0.213. The van der Waals surface area contributed by atoms with Crippen LogP contribution in [0.2, 0.25) is 0 Å². The van der Waals surface area contributed by atoms with E-state index in [0.29, 0.717) is 11.8 Å². The summed E-state index contributed by atoms with van der Waals surface area (Å²) in [4.78, 5) is 0. The molecule has 1 heteroatoms. The average Bonchev–Trinajstić information content (AvgIpc) is 1.97. The van der Waals surface area contributed by atoms with Gasteiger partial charge in [0, 0.05) is 0 Å². The lowest BCUT2D eigenvalue weighted by Crippen LogP contribution is -2.39. The first-order valence-electron chi connectivity index (χ1n) is 5.66. The van der Waals surface area contributed by atoms with Gasteiger partial charge >= 0.3 is 0 Å². The second-order valence-corrected chi connectivity index (χ2v) is 6.80. The first kappa shape index (κ1) is 14.0. The number of aliphatic hydroxyl groups excluding tert-OH is 1. The highest BCUT2D eigenvalue weighted by molar-refractivity contribution is 4.84. The third-order valence-electron chi connectivity index (χ3n) is 3.76. The zero-order valence-electron chi connectivity index (χ0n) is 11.2. The van der Waals surface area contributed by atoms with E-state index in [4.69, 9.17) is 0 Å². The van der Waals surface area contributed by atoms with E-state index >= 15 is 0 Å². The predicted octanol–water partition coefficient (Wildman–Crippen LogP) is 3.71. The van der Waals surface area contributed by atoms with Crippen molar-refractivity contribution in [2.45, 2.75) is 61.5 Å². The van der Waals surface area contributed by atoms with Crippen LogP contribution in [0.15, 0.2) is 0 Å². The van der Waals surface area contributed by atoms with Gasteiger partial charge in [-0.15, -0.1) is 0 Å². The molecule has 0 saturated heterocycles. The van der Waals surface area contributed by atoms with Gasteiger partial charge in [0.25, 0.3) is 0 Å². The van der Waals surface area contributed by atoms with E-state index in [9.17, 15) is 5.11 Å². The minimum absolute atomic E-state index is 0.179. The summed E-state index contributed by atoms with van der Waals surface area (Å²) < 4.78 is 0. The molecular weight excluding hydrogens is 172 g/mol. The van der Waals surface area contributed by atoms with Crippen LogP contribution < -0.4 is 0 Å². The van der Waals surface area contributed by atoms with Crippen LogP contribution in [0.4, 0.5) is 0 Å². The molecule has 1 nitrogen and oxygen atoms in total. The molecule has 2 atom stereocenters. The van der Waals surface area contributed by atoms with Crippen molar-refractivity contribution in [1.29, 1.82) is 0 Å². The Balaban J connectivity index is 4.56. The third-order valence-corrected chi connectivity index (χ3v) is 3.76. The maximum Gasteiger partial charge on any atom is 0.0601 e. The highest BCUT2D eigenvalue weighted by Crippen LogP contribution is 2.37. The molecule has 86 valence electrons. The summed E-state index contributed by atoms with van der Waals surface area (Å²) in [6.45, 7) is 17.4.